The van der Waals surface area contributed by atoms with Gasteiger partial charge in [-0.1, -0.05) is 73.4 Å². The van der Waals surface area contributed by atoms with Crippen LogP contribution in [0.4, 0.5) is 8.78 Å². The van der Waals surface area contributed by atoms with Gasteiger partial charge in [-0.05, 0) is 42.0 Å². The van der Waals surface area contributed by atoms with E-state index in [1.54, 1.807) is 62.4 Å². The number of benzene rings is 2. The number of ketones is 2. The van der Waals surface area contributed by atoms with Crippen molar-refractivity contribution in [3.63, 3.8) is 0 Å². The van der Waals surface area contributed by atoms with E-state index in [9.17, 15) is 19.2 Å². The van der Waals surface area contributed by atoms with Gasteiger partial charge in [0.2, 0.25) is 11.7 Å². The van der Waals surface area contributed by atoms with Crippen molar-refractivity contribution in [2.24, 2.45) is 11.8 Å². The van der Waals surface area contributed by atoms with Crippen molar-refractivity contribution in [1.82, 2.24) is 15.5 Å². The monoisotopic (exact) mass is 653 g/mol. The fraction of sp³-hybridized carbons (Fsp3) is 0.500. The number of nitrogens with one attached hydrogen (secondary N) is 2. The Balaban J connectivity index is 1.66. The number of hydrogen-bond donors (Lipinski definition) is 2. The summed E-state index contributed by atoms with van der Waals surface area (Å²) in [6.07, 6.45) is -0.0892. The predicted molar refractivity (Wildman–Crippen MR) is 165 cm³/mol. The Labute approximate surface area is 266 Å². The molecule has 8 nitrogen and oxygen atoms in total. The highest BCUT2D eigenvalue weighted by Gasteiger charge is 2.51. The smallest absolute Gasteiger partial charge is 0.379 e. The van der Waals surface area contributed by atoms with Gasteiger partial charge in [0.1, 0.15) is 0 Å². The van der Waals surface area contributed by atoms with E-state index >= 15 is 8.78 Å². The van der Waals surface area contributed by atoms with E-state index in [4.69, 9.17) is 27.9 Å². The summed E-state index contributed by atoms with van der Waals surface area (Å²) in [5.74, 6) is -10.7. The van der Waals surface area contributed by atoms with Crippen LogP contribution in [0, 0.1) is 11.8 Å². The average molecular weight is 655 g/mol. The van der Waals surface area contributed by atoms with Gasteiger partial charge in [0.05, 0.1) is 29.3 Å². The van der Waals surface area contributed by atoms with E-state index < -0.39 is 53.6 Å². The van der Waals surface area contributed by atoms with E-state index in [-0.39, 0.29) is 19.4 Å². The Morgan fingerprint density at radius 2 is 1.66 bits per heavy atom. The van der Waals surface area contributed by atoms with Gasteiger partial charge in [-0.2, -0.15) is 8.78 Å². The zero-order valence-corrected chi connectivity index (χ0v) is 26.4. The molecule has 1 fully saturated rings. The summed E-state index contributed by atoms with van der Waals surface area (Å²) in [5.41, 5.74) is 1.52. The third kappa shape index (κ3) is 10.6. The SMILES string of the molecule is CC(C)[C@H](CC(=O)[C@H](Cc1ccccc1)NC(=O)CCc1ccc(Cl)c(Cl)c1)C(=O)C(F)(F)C(=O)NCCN1CCOCC1. The van der Waals surface area contributed by atoms with E-state index in [1.807, 2.05) is 4.90 Å². The zero-order valence-electron chi connectivity index (χ0n) is 24.9. The van der Waals surface area contributed by atoms with E-state index in [1.165, 1.54) is 0 Å². The molecule has 1 saturated heterocycles. The maximum Gasteiger partial charge on any atom is 0.381 e. The maximum absolute atomic E-state index is 15.1. The van der Waals surface area contributed by atoms with Gasteiger partial charge in [0.25, 0.3) is 5.91 Å². The predicted octanol–water partition coefficient (Wildman–Crippen LogP) is 4.54. The molecule has 0 spiro atoms. The second-order valence-electron chi connectivity index (χ2n) is 11.2. The molecule has 0 saturated carbocycles. The lowest BCUT2D eigenvalue weighted by atomic mass is 9.82. The van der Waals surface area contributed by atoms with Gasteiger partial charge < -0.3 is 15.4 Å². The quantitative estimate of drug-likeness (QED) is 0.258. The molecule has 1 aliphatic rings. The van der Waals surface area contributed by atoms with Crippen molar-refractivity contribution >= 4 is 46.6 Å². The third-order valence-corrected chi connectivity index (χ3v) is 8.34. The topological polar surface area (TPSA) is 105 Å². The van der Waals surface area contributed by atoms with Crippen molar-refractivity contribution in [2.45, 2.75) is 51.5 Å². The van der Waals surface area contributed by atoms with Crippen LogP contribution in [-0.2, 0) is 36.8 Å². The Bertz CT molecular complexity index is 1290. The molecule has 0 aliphatic carbocycles. The molecule has 1 aliphatic heterocycles. The first kappa shape index (κ1) is 35.6. The number of aryl methyl sites for hydroxylation is 1. The van der Waals surface area contributed by atoms with Crippen molar-refractivity contribution < 1.29 is 32.7 Å². The Kier molecular flexibility index (Phi) is 13.7. The number of carbonyl (C=O) groups excluding carboxylic acids is 4. The van der Waals surface area contributed by atoms with Gasteiger partial charge in [-0.15, -0.1) is 0 Å². The average Bonchev–Trinajstić information content (AvgIpc) is 3.00. The third-order valence-electron chi connectivity index (χ3n) is 7.61. The van der Waals surface area contributed by atoms with Crippen molar-refractivity contribution in [3.05, 3.63) is 69.7 Å². The Hall–Kier alpha value is -2.92. The number of halogens is 4. The van der Waals surface area contributed by atoms with Gasteiger partial charge in [0, 0.05) is 44.9 Å². The van der Waals surface area contributed by atoms with Crippen LogP contribution in [-0.4, -0.2) is 79.6 Å². The van der Waals surface area contributed by atoms with Crippen LogP contribution in [0.3, 0.4) is 0 Å². The van der Waals surface area contributed by atoms with Gasteiger partial charge in [0.15, 0.2) is 5.78 Å². The largest absolute Gasteiger partial charge is 0.381 e. The number of rotatable bonds is 16. The number of carbonyl (C=O) groups is 4. The molecule has 44 heavy (non-hydrogen) atoms. The fourth-order valence-corrected chi connectivity index (χ4v) is 5.23. The highest BCUT2D eigenvalue weighted by molar-refractivity contribution is 6.42. The summed E-state index contributed by atoms with van der Waals surface area (Å²) in [7, 11) is 0. The van der Waals surface area contributed by atoms with Crippen molar-refractivity contribution in [1.29, 1.82) is 0 Å². The number of nitrogens with zero attached hydrogens (tertiary/aromatic N) is 1. The fourth-order valence-electron chi connectivity index (χ4n) is 4.91. The maximum atomic E-state index is 15.1. The number of hydrogen-bond acceptors (Lipinski definition) is 6. The lowest BCUT2D eigenvalue weighted by molar-refractivity contribution is -0.162. The van der Waals surface area contributed by atoms with Crippen LogP contribution in [0.5, 0.6) is 0 Å². The molecular weight excluding hydrogens is 615 g/mol. The number of Topliss-reactive ketones (excluding diaryl/α,β-unsaturated/α-hetero) is 2. The molecule has 1 heterocycles. The summed E-state index contributed by atoms with van der Waals surface area (Å²) in [6.45, 7) is 5.68. The van der Waals surface area contributed by atoms with Gasteiger partial charge >= 0.3 is 5.92 Å². The van der Waals surface area contributed by atoms with Gasteiger partial charge in [-0.3, -0.25) is 24.1 Å². The molecule has 2 atom stereocenters. The summed E-state index contributed by atoms with van der Waals surface area (Å²) >= 11 is 12.0. The highest BCUT2D eigenvalue weighted by atomic mass is 35.5. The van der Waals surface area contributed by atoms with Crippen LogP contribution >= 0.6 is 23.2 Å². The first-order chi connectivity index (χ1) is 20.9. The number of alkyl halides is 2. The molecule has 0 unspecified atom stereocenters. The van der Waals surface area contributed by atoms with Crippen LogP contribution in [0.15, 0.2) is 48.5 Å². The standard InChI is InChI=1S/C32H39Cl2F2N3O5/c1-21(2)24(30(42)32(35,36)31(43)37-12-13-39-14-16-44-17-15-39)20-28(40)27(19-22-6-4-3-5-7-22)38-29(41)11-9-23-8-10-25(33)26(34)18-23/h3-8,10,18,21,24,27H,9,11-17,19-20H2,1-2H3,(H,37,43)(H,38,41)/t24-,27-/m0/s1. The number of ether oxygens (including phenoxy) is 1. The lowest BCUT2D eigenvalue weighted by Gasteiger charge is -2.28. The summed E-state index contributed by atoms with van der Waals surface area (Å²) < 4.78 is 35.5. The normalized spacial score (nSPS) is 15.4. The second-order valence-corrected chi connectivity index (χ2v) is 12.0. The van der Waals surface area contributed by atoms with Crippen molar-refractivity contribution in [3.8, 4) is 0 Å². The first-order valence-corrected chi connectivity index (χ1v) is 15.4. The molecule has 3 rings (SSSR count). The highest BCUT2D eigenvalue weighted by Crippen LogP contribution is 2.28. The summed E-state index contributed by atoms with van der Waals surface area (Å²) in [5, 5.41) is 5.63. The summed E-state index contributed by atoms with van der Waals surface area (Å²) in [4.78, 5) is 53.9. The molecule has 2 aromatic carbocycles. The van der Waals surface area contributed by atoms with Crippen LogP contribution in [0.2, 0.25) is 10.0 Å². The number of morpholine rings is 1. The molecule has 240 valence electrons. The van der Waals surface area contributed by atoms with E-state index in [0.717, 1.165) is 11.1 Å². The summed E-state index contributed by atoms with van der Waals surface area (Å²) in [6, 6.07) is 12.9. The molecule has 12 heteroatoms. The van der Waals surface area contributed by atoms with Crippen LogP contribution in [0.25, 0.3) is 0 Å². The Morgan fingerprint density at radius 3 is 2.30 bits per heavy atom. The minimum atomic E-state index is -4.32. The molecular formula is C32H39Cl2F2N3O5. The molecule has 0 bridgehead atoms. The molecule has 2 N–H and O–H groups in total. The minimum absolute atomic E-state index is 0.0335. The molecule has 2 aromatic rings. The molecule has 0 aromatic heterocycles. The number of amides is 2. The van der Waals surface area contributed by atoms with Crippen LogP contribution < -0.4 is 10.6 Å². The molecule has 2 amide bonds. The zero-order chi connectivity index (χ0) is 32.3. The Morgan fingerprint density at radius 1 is 0.977 bits per heavy atom. The lowest BCUT2D eigenvalue weighted by Crippen LogP contribution is -2.52. The molecule has 0 radical (unpaired) electrons. The van der Waals surface area contributed by atoms with Gasteiger partial charge in [-0.25, -0.2) is 0 Å². The van der Waals surface area contributed by atoms with Crippen molar-refractivity contribution in [2.75, 3.05) is 39.4 Å². The van der Waals surface area contributed by atoms with E-state index in [2.05, 4.69) is 10.6 Å². The second kappa shape index (κ2) is 17.0. The van der Waals surface area contributed by atoms with E-state index in [0.29, 0.717) is 49.3 Å². The van der Waals surface area contributed by atoms with Crippen LogP contribution in [0.1, 0.15) is 37.8 Å². The minimum Gasteiger partial charge on any atom is -0.379 e. The first-order valence-electron chi connectivity index (χ1n) is 14.7.